The first-order valence-corrected chi connectivity index (χ1v) is 5.39. The van der Waals surface area contributed by atoms with Crippen LogP contribution in [0, 0.1) is 0 Å². The lowest BCUT2D eigenvalue weighted by Gasteiger charge is -2.00. The van der Waals surface area contributed by atoms with Gasteiger partial charge in [0.1, 0.15) is 10.3 Å². The number of nitrogens with one attached hydrogen (secondary N) is 1. The van der Waals surface area contributed by atoms with E-state index in [-0.39, 0.29) is 10.3 Å². The van der Waals surface area contributed by atoms with E-state index in [1.165, 1.54) is 6.20 Å². The molecule has 2 aromatic heterocycles. The summed E-state index contributed by atoms with van der Waals surface area (Å²) < 4.78 is 4.90. The van der Waals surface area contributed by atoms with Gasteiger partial charge in [0.15, 0.2) is 0 Å². The van der Waals surface area contributed by atoms with Crippen LogP contribution in [0.15, 0.2) is 12.3 Å². The Labute approximate surface area is 102 Å². The highest BCUT2D eigenvalue weighted by atomic mass is 35.5. The molecule has 84 valence electrons. The maximum atomic E-state index is 11.6. The third-order valence-electron chi connectivity index (χ3n) is 2.08. The van der Waals surface area contributed by atoms with Gasteiger partial charge in [-0.1, -0.05) is 23.2 Å². The number of rotatable bonds is 2. The van der Waals surface area contributed by atoms with Gasteiger partial charge in [-0.05, 0) is 13.0 Å². The predicted molar refractivity (Wildman–Crippen MR) is 62.1 cm³/mol. The number of fused-ring (bicyclic) bond motifs is 1. The minimum absolute atomic E-state index is 0.187. The van der Waals surface area contributed by atoms with Crippen LogP contribution < -0.4 is 0 Å². The summed E-state index contributed by atoms with van der Waals surface area (Å²) in [5.41, 5.74) is 1.03. The van der Waals surface area contributed by atoms with E-state index in [4.69, 9.17) is 27.9 Å². The second-order valence-corrected chi connectivity index (χ2v) is 3.83. The maximum Gasteiger partial charge on any atom is 0.340 e. The molecule has 0 aromatic carbocycles. The zero-order chi connectivity index (χ0) is 11.7. The van der Waals surface area contributed by atoms with Crippen molar-refractivity contribution >= 4 is 40.1 Å². The number of aromatic amines is 1. The van der Waals surface area contributed by atoms with Crippen LogP contribution in [0.4, 0.5) is 0 Å². The Morgan fingerprint density at radius 3 is 3.00 bits per heavy atom. The Morgan fingerprint density at radius 2 is 2.31 bits per heavy atom. The average molecular weight is 259 g/mol. The lowest BCUT2D eigenvalue weighted by molar-refractivity contribution is 0.0528. The summed E-state index contributed by atoms with van der Waals surface area (Å²) >= 11 is 11.7. The number of esters is 1. The van der Waals surface area contributed by atoms with E-state index < -0.39 is 5.97 Å². The summed E-state index contributed by atoms with van der Waals surface area (Å²) in [4.78, 5) is 18.4. The first-order valence-electron chi connectivity index (χ1n) is 4.63. The SMILES string of the molecule is CCOC(=O)c1c[nH]c2cc(Cl)nc(Cl)c12. The summed E-state index contributed by atoms with van der Waals surface area (Å²) in [7, 11) is 0. The number of ether oxygens (including phenoxy) is 1. The Morgan fingerprint density at radius 1 is 1.56 bits per heavy atom. The second-order valence-electron chi connectivity index (χ2n) is 3.08. The van der Waals surface area contributed by atoms with Crippen molar-refractivity contribution in [2.45, 2.75) is 6.92 Å². The smallest absolute Gasteiger partial charge is 0.340 e. The van der Waals surface area contributed by atoms with Crippen molar-refractivity contribution < 1.29 is 9.53 Å². The van der Waals surface area contributed by atoms with Crippen molar-refractivity contribution in [3.8, 4) is 0 Å². The third kappa shape index (κ3) is 1.86. The van der Waals surface area contributed by atoms with E-state index in [2.05, 4.69) is 9.97 Å². The zero-order valence-corrected chi connectivity index (χ0v) is 9.89. The number of pyridine rings is 1. The number of hydrogen-bond donors (Lipinski definition) is 1. The van der Waals surface area contributed by atoms with Gasteiger partial charge in [-0.15, -0.1) is 0 Å². The molecule has 0 amide bonds. The number of carbonyl (C=O) groups excluding carboxylic acids is 1. The van der Waals surface area contributed by atoms with Gasteiger partial charge in [0.2, 0.25) is 0 Å². The molecule has 1 N–H and O–H groups in total. The summed E-state index contributed by atoms with van der Waals surface area (Å²) in [5, 5.41) is 0.992. The molecule has 0 saturated carbocycles. The van der Waals surface area contributed by atoms with Gasteiger partial charge in [-0.2, -0.15) is 0 Å². The molecule has 6 heteroatoms. The molecule has 4 nitrogen and oxygen atoms in total. The molecule has 0 radical (unpaired) electrons. The molecule has 0 atom stereocenters. The molecule has 2 aromatic rings. The van der Waals surface area contributed by atoms with E-state index in [1.807, 2.05) is 0 Å². The van der Waals surface area contributed by atoms with Gasteiger partial charge in [-0.3, -0.25) is 0 Å². The Kier molecular flexibility index (Phi) is 3.03. The van der Waals surface area contributed by atoms with Gasteiger partial charge in [0.05, 0.1) is 23.1 Å². The number of H-pyrrole nitrogens is 1. The van der Waals surface area contributed by atoms with Crippen LogP contribution in [0.25, 0.3) is 10.9 Å². The van der Waals surface area contributed by atoms with E-state index in [0.717, 1.165) is 0 Å². The maximum absolute atomic E-state index is 11.6. The Bertz CT molecular complexity index is 551. The van der Waals surface area contributed by atoms with Crippen LogP contribution >= 0.6 is 23.2 Å². The average Bonchev–Trinajstić information content (AvgIpc) is 2.61. The molecule has 2 rings (SSSR count). The van der Waals surface area contributed by atoms with E-state index in [1.54, 1.807) is 13.0 Å². The number of hydrogen-bond acceptors (Lipinski definition) is 3. The number of nitrogens with zero attached hydrogens (tertiary/aromatic N) is 1. The summed E-state index contributed by atoms with van der Waals surface area (Å²) in [6.45, 7) is 2.05. The van der Waals surface area contributed by atoms with E-state index >= 15 is 0 Å². The highest BCUT2D eigenvalue weighted by molar-refractivity contribution is 6.37. The van der Waals surface area contributed by atoms with Crippen molar-refractivity contribution in [2.24, 2.45) is 0 Å². The van der Waals surface area contributed by atoms with Crippen molar-refractivity contribution in [1.82, 2.24) is 9.97 Å². The van der Waals surface area contributed by atoms with Crippen LogP contribution in [0.3, 0.4) is 0 Å². The summed E-state index contributed by atoms with van der Waals surface area (Å²) in [5.74, 6) is -0.431. The standard InChI is InChI=1S/C10H8Cl2N2O2/c1-2-16-10(15)5-4-13-6-3-7(11)14-9(12)8(5)6/h3-4,13H,2H2,1H3. The van der Waals surface area contributed by atoms with Gasteiger partial charge in [0.25, 0.3) is 0 Å². The van der Waals surface area contributed by atoms with Crippen molar-refractivity contribution in [3.05, 3.63) is 28.1 Å². The van der Waals surface area contributed by atoms with Gasteiger partial charge in [0, 0.05) is 6.20 Å². The van der Waals surface area contributed by atoms with Crippen LogP contribution in [-0.2, 0) is 4.74 Å². The van der Waals surface area contributed by atoms with E-state index in [0.29, 0.717) is 23.1 Å². The van der Waals surface area contributed by atoms with Crippen LogP contribution in [0.2, 0.25) is 10.3 Å². The number of halogens is 2. The van der Waals surface area contributed by atoms with Crippen molar-refractivity contribution in [1.29, 1.82) is 0 Å². The van der Waals surface area contributed by atoms with Crippen LogP contribution in [0.1, 0.15) is 17.3 Å². The lowest BCUT2D eigenvalue weighted by atomic mass is 10.2. The van der Waals surface area contributed by atoms with E-state index in [9.17, 15) is 4.79 Å². The molecular formula is C10H8Cl2N2O2. The minimum atomic E-state index is -0.431. The molecular weight excluding hydrogens is 251 g/mol. The minimum Gasteiger partial charge on any atom is -0.462 e. The first-order chi connectivity index (χ1) is 7.63. The fraction of sp³-hybridized carbons (Fsp3) is 0.200. The number of carbonyl (C=O) groups is 1. The number of aromatic nitrogens is 2. The fourth-order valence-corrected chi connectivity index (χ4v) is 1.98. The third-order valence-corrected chi connectivity index (χ3v) is 2.55. The molecule has 0 bridgehead atoms. The van der Waals surface area contributed by atoms with Gasteiger partial charge >= 0.3 is 5.97 Å². The van der Waals surface area contributed by atoms with Crippen molar-refractivity contribution in [2.75, 3.05) is 6.61 Å². The predicted octanol–water partition coefficient (Wildman–Crippen LogP) is 3.05. The first kappa shape index (κ1) is 11.2. The molecule has 2 heterocycles. The zero-order valence-electron chi connectivity index (χ0n) is 8.38. The van der Waals surface area contributed by atoms with Crippen molar-refractivity contribution in [3.63, 3.8) is 0 Å². The van der Waals surface area contributed by atoms with Crippen LogP contribution in [0.5, 0.6) is 0 Å². The fourth-order valence-electron chi connectivity index (χ4n) is 1.45. The molecule has 0 spiro atoms. The molecule has 16 heavy (non-hydrogen) atoms. The molecule has 0 saturated heterocycles. The Hall–Kier alpha value is -1.26. The topological polar surface area (TPSA) is 55.0 Å². The quantitative estimate of drug-likeness (QED) is 0.666. The van der Waals surface area contributed by atoms with Gasteiger partial charge < -0.3 is 9.72 Å². The summed E-state index contributed by atoms with van der Waals surface area (Å²) in [6, 6.07) is 1.60. The molecule has 0 aliphatic rings. The van der Waals surface area contributed by atoms with Crippen LogP contribution in [-0.4, -0.2) is 22.5 Å². The highest BCUT2D eigenvalue weighted by Crippen LogP contribution is 2.27. The molecule has 0 aliphatic carbocycles. The highest BCUT2D eigenvalue weighted by Gasteiger charge is 2.16. The lowest BCUT2D eigenvalue weighted by Crippen LogP contribution is -2.03. The van der Waals surface area contributed by atoms with Gasteiger partial charge in [-0.25, -0.2) is 9.78 Å². The largest absolute Gasteiger partial charge is 0.462 e. The Balaban J connectivity index is 2.60. The molecule has 0 fully saturated rings. The summed E-state index contributed by atoms with van der Waals surface area (Å²) in [6.07, 6.45) is 1.53. The second kappa shape index (κ2) is 4.31. The monoisotopic (exact) mass is 258 g/mol. The normalized spacial score (nSPS) is 10.7. The molecule has 0 unspecified atom stereocenters. The molecule has 0 aliphatic heterocycles.